The van der Waals surface area contributed by atoms with Crippen LogP contribution >= 0.6 is 11.6 Å². The van der Waals surface area contributed by atoms with Gasteiger partial charge in [0.25, 0.3) is 10.0 Å². The summed E-state index contributed by atoms with van der Waals surface area (Å²) in [6.07, 6.45) is 0. The second-order valence-corrected chi connectivity index (χ2v) is 6.41. The topological polar surface area (TPSA) is 46.2 Å². The van der Waals surface area contributed by atoms with Gasteiger partial charge < -0.3 is 0 Å². The Morgan fingerprint density at radius 3 is 2.37 bits per heavy atom. The van der Waals surface area contributed by atoms with Crippen LogP contribution < -0.4 is 4.72 Å². The molecular weight excluding hydrogens is 282 g/mol. The first kappa shape index (κ1) is 13.9. The van der Waals surface area contributed by atoms with Crippen LogP contribution in [-0.2, 0) is 10.0 Å². The number of nitrogens with one attached hydrogen (secondary N) is 1. The first-order chi connectivity index (χ1) is 8.90. The molecule has 0 spiro atoms. The Bertz CT molecular complexity index is 711. The van der Waals surface area contributed by atoms with Crippen molar-refractivity contribution < 1.29 is 8.42 Å². The predicted octanol–water partition coefficient (Wildman–Crippen LogP) is 3.76. The normalized spacial score (nSPS) is 11.3. The van der Waals surface area contributed by atoms with Crippen LogP contribution in [0.25, 0.3) is 0 Å². The van der Waals surface area contributed by atoms with E-state index in [0.29, 0.717) is 5.69 Å². The maximum absolute atomic E-state index is 12.3. The number of rotatable bonds is 3. The molecule has 3 nitrogen and oxygen atoms in total. The van der Waals surface area contributed by atoms with Gasteiger partial charge in [-0.25, -0.2) is 8.42 Å². The molecule has 0 radical (unpaired) electrons. The van der Waals surface area contributed by atoms with Gasteiger partial charge in [-0.2, -0.15) is 0 Å². The van der Waals surface area contributed by atoms with Crippen LogP contribution in [0.4, 0.5) is 5.69 Å². The Hall–Kier alpha value is -1.52. The van der Waals surface area contributed by atoms with Crippen molar-refractivity contribution in [1.82, 2.24) is 0 Å². The molecule has 2 aromatic carbocycles. The number of hydrogen-bond acceptors (Lipinski definition) is 2. The highest BCUT2D eigenvalue weighted by atomic mass is 35.5. The summed E-state index contributed by atoms with van der Waals surface area (Å²) in [5.74, 6) is 0. The van der Waals surface area contributed by atoms with Crippen LogP contribution in [0.2, 0.25) is 5.02 Å². The van der Waals surface area contributed by atoms with E-state index < -0.39 is 10.0 Å². The van der Waals surface area contributed by atoms with Crippen LogP contribution in [0.5, 0.6) is 0 Å². The van der Waals surface area contributed by atoms with E-state index >= 15 is 0 Å². The average molecular weight is 296 g/mol. The summed E-state index contributed by atoms with van der Waals surface area (Å²) in [4.78, 5) is 0.0802. The molecule has 0 aliphatic carbocycles. The van der Waals surface area contributed by atoms with Gasteiger partial charge in [0, 0.05) is 0 Å². The van der Waals surface area contributed by atoms with Crippen LogP contribution in [0.3, 0.4) is 0 Å². The van der Waals surface area contributed by atoms with Gasteiger partial charge in [-0.15, -0.1) is 0 Å². The Morgan fingerprint density at radius 1 is 1.05 bits per heavy atom. The number of anilines is 1. The van der Waals surface area contributed by atoms with Gasteiger partial charge >= 0.3 is 0 Å². The molecule has 0 saturated carbocycles. The minimum Gasteiger partial charge on any atom is -0.279 e. The lowest BCUT2D eigenvalue weighted by atomic mass is 10.1. The predicted molar refractivity (Wildman–Crippen MR) is 78.2 cm³/mol. The second kappa shape index (κ2) is 5.23. The Kier molecular flexibility index (Phi) is 3.83. The number of hydrogen-bond donors (Lipinski definition) is 1. The number of benzene rings is 2. The molecule has 0 saturated heterocycles. The lowest BCUT2D eigenvalue weighted by Gasteiger charge is -2.12. The third kappa shape index (κ3) is 3.08. The van der Waals surface area contributed by atoms with Gasteiger partial charge in [-0.1, -0.05) is 41.4 Å². The molecule has 0 fully saturated rings. The fourth-order valence-electron chi connectivity index (χ4n) is 1.79. The molecule has 2 aromatic rings. The maximum Gasteiger partial charge on any atom is 0.263 e. The van der Waals surface area contributed by atoms with E-state index in [1.807, 2.05) is 26.0 Å². The largest absolute Gasteiger partial charge is 0.279 e. The fourth-order valence-corrected chi connectivity index (χ4v) is 3.44. The standard InChI is InChI=1S/C14H14ClNO2S/c1-10-7-8-13(11(2)9-10)16-19(17,18)14-6-4-3-5-12(14)15/h3-9,16H,1-2H3. The molecule has 0 atom stereocenters. The number of sulfonamides is 1. The lowest BCUT2D eigenvalue weighted by Crippen LogP contribution is -2.14. The molecule has 5 heteroatoms. The Balaban J connectivity index is 2.40. The molecule has 0 heterocycles. The second-order valence-electron chi connectivity index (χ2n) is 4.35. The van der Waals surface area contributed by atoms with Gasteiger partial charge in [0.1, 0.15) is 4.90 Å². The SMILES string of the molecule is Cc1ccc(NS(=O)(=O)c2ccccc2Cl)c(C)c1. The minimum absolute atomic E-state index is 0.0802. The van der Waals surface area contributed by atoms with Crippen molar-refractivity contribution in [1.29, 1.82) is 0 Å². The molecule has 0 aliphatic rings. The van der Waals surface area contributed by atoms with E-state index in [9.17, 15) is 8.42 Å². The van der Waals surface area contributed by atoms with Crippen molar-refractivity contribution in [3.8, 4) is 0 Å². The van der Waals surface area contributed by atoms with Crippen molar-refractivity contribution in [3.63, 3.8) is 0 Å². The molecule has 0 bridgehead atoms. The summed E-state index contributed by atoms with van der Waals surface area (Å²) < 4.78 is 27.1. The maximum atomic E-state index is 12.3. The highest BCUT2D eigenvalue weighted by Crippen LogP contribution is 2.25. The van der Waals surface area contributed by atoms with Crippen molar-refractivity contribution in [2.45, 2.75) is 18.7 Å². The van der Waals surface area contributed by atoms with E-state index in [-0.39, 0.29) is 9.92 Å². The number of halogens is 1. The molecule has 0 amide bonds. The van der Waals surface area contributed by atoms with Gasteiger partial charge in [0.2, 0.25) is 0 Å². The van der Waals surface area contributed by atoms with Crippen molar-refractivity contribution in [2.75, 3.05) is 4.72 Å². The van der Waals surface area contributed by atoms with Gasteiger partial charge in [0.15, 0.2) is 0 Å². The monoisotopic (exact) mass is 295 g/mol. The molecule has 0 aliphatic heterocycles. The van der Waals surface area contributed by atoms with Crippen LogP contribution in [0.15, 0.2) is 47.4 Å². The van der Waals surface area contributed by atoms with Gasteiger partial charge in [-0.05, 0) is 37.6 Å². The molecule has 0 aromatic heterocycles. The van der Waals surface area contributed by atoms with Crippen LogP contribution in [0, 0.1) is 13.8 Å². The molecule has 2 rings (SSSR count). The summed E-state index contributed by atoms with van der Waals surface area (Å²) in [7, 11) is -3.66. The zero-order valence-electron chi connectivity index (χ0n) is 10.6. The van der Waals surface area contributed by atoms with E-state index in [0.717, 1.165) is 11.1 Å². The van der Waals surface area contributed by atoms with E-state index in [4.69, 9.17) is 11.6 Å². The molecule has 100 valence electrons. The summed E-state index contributed by atoms with van der Waals surface area (Å²) >= 11 is 5.92. The Morgan fingerprint density at radius 2 is 1.74 bits per heavy atom. The first-order valence-electron chi connectivity index (χ1n) is 5.75. The smallest absolute Gasteiger partial charge is 0.263 e. The molecule has 19 heavy (non-hydrogen) atoms. The van der Waals surface area contributed by atoms with Crippen molar-refractivity contribution >= 4 is 27.3 Å². The van der Waals surface area contributed by atoms with Crippen LogP contribution in [-0.4, -0.2) is 8.42 Å². The Labute approximate surface area is 118 Å². The summed E-state index contributed by atoms with van der Waals surface area (Å²) in [5, 5.41) is 0.208. The summed E-state index contributed by atoms with van der Waals surface area (Å²) in [6.45, 7) is 3.82. The first-order valence-corrected chi connectivity index (χ1v) is 7.61. The van der Waals surface area contributed by atoms with E-state index in [1.165, 1.54) is 6.07 Å². The number of aryl methyl sites for hydroxylation is 2. The zero-order chi connectivity index (χ0) is 14.0. The molecule has 1 N–H and O–H groups in total. The third-order valence-corrected chi connectivity index (χ3v) is 4.62. The molecule has 0 unspecified atom stereocenters. The van der Waals surface area contributed by atoms with Crippen molar-refractivity contribution in [3.05, 3.63) is 58.6 Å². The minimum atomic E-state index is -3.66. The summed E-state index contributed by atoms with van der Waals surface area (Å²) in [5.41, 5.74) is 2.51. The highest BCUT2D eigenvalue weighted by molar-refractivity contribution is 7.92. The van der Waals surface area contributed by atoms with E-state index in [2.05, 4.69) is 4.72 Å². The quantitative estimate of drug-likeness (QED) is 0.937. The van der Waals surface area contributed by atoms with E-state index in [1.54, 1.807) is 24.3 Å². The van der Waals surface area contributed by atoms with Gasteiger partial charge in [0.05, 0.1) is 10.7 Å². The summed E-state index contributed by atoms with van der Waals surface area (Å²) in [6, 6.07) is 11.9. The van der Waals surface area contributed by atoms with Crippen molar-refractivity contribution in [2.24, 2.45) is 0 Å². The van der Waals surface area contributed by atoms with Crippen LogP contribution in [0.1, 0.15) is 11.1 Å². The molecular formula is C14H14ClNO2S. The highest BCUT2D eigenvalue weighted by Gasteiger charge is 2.18. The zero-order valence-corrected chi connectivity index (χ0v) is 12.2. The van der Waals surface area contributed by atoms with Gasteiger partial charge in [-0.3, -0.25) is 4.72 Å². The lowest BCUT2D eigenvalue weighted by molar-refractivity contribution is 0.601. The third-order valence-electron chi connectivity index (χ3n) is 2.75. The fraction of sp³-hybridized carbons (Fsp3) is 0.143. The average Bonchev–Trinajstić information content (AvgIpc) is 2.33.